The summed E-state index contributed by atoms with van der Waals surface area (Å²) in [5, 5.41) is 0. The van der Waals surface area contributed by atoms with Crippen LogP contribution in [0.25, 0.3) is 11.1 Å². The average molecular weight is 801 g/mol. The highest BCUT2D eigenvalue weighted by atomic mass is 127. The zero-order chi connectivity index (χ0) is 36.1. The number of hydrogen-bond acceptors (Lipinski definition) is 0. The predicted molar refractivity (Wildman–Crippen MR) is 126 cm³/mol. The van der Waals surface area contributed by atoms with E-state index in [1.165, 1.54) is 14.7 Å². The maximum atomic E-state index is 9.75. The van der Waals surface area contributed by atoms with Crippen molar-refractivity contribution in [2.75, 3.05) is 0 Å². The monoisotopic (exact) mass is 802 g/mol. The van der Waals surface area contributed by atoms with Gasteiger partial charge in [0.2, 0.25) is 0 Å². The normalized spacial score (nSPS) is 11.4. The Morgan fingerprint density at radius 3 is 0.698 bits per heavy atom. The number of rotatable bonds is 1. The van der Waals surface area contributed by atoms with Crippen molar-refractivity contribution >= 4 is 66.1 Å². The first-order chi connectivity index (χ1) is 18.4. The molecule has 256 valence electrons. The number of benzene rings is 2. The molecule has 0 fully saturated rings. The smallest absolute Gasteiger partial charge is 0.418 e. The van der Waals surface area contributed by atoms with Crippen molar-refractivity contribution in [3.63, 3.8) is 0 Å². The fraction of sp³-hybridized carbons (Fsp3) is 0. The molecule has 31 heteroatoms. The third kappa shape index (κ3) is 131. The fourth-order valence-corrected chi connectivity index (χ4v) is 2.01. The van der Waals surface area contributed by atoms with Crippen molar-refractivity contribution in [2.45, 2.75) is 0 Å². The van der Waals surface area contributed by atoms with Crippen molar-refractivity contribution in [3.8, 4) is 11.1 Å². The lowest BCUT2D eigenvalue weighted by atomic mass is 10.1. The van der Waals surface area contributed by atoms with Gasteiger partial charge in [-0.2, -0.15) is 0 Å². The van der Waals surface area contributed by atoms with Gasteiger partial charge in [-0.25, -0.2) is 0 Å². The summed E-state index contributed by atoms with van der Waals surface area (Å²) in [5.41, 5.74) is 2.59. The molecular weight excluding hydrogens is 792 g/mol. The Balaban J connectivity index is -0.000000139. The Bertz CT molecular complexity index is 791. The van der Waals surface area contributed by atoms with Gasteiger partial charge >= 0.3 is 43.5 Å². The number of halogens is 25. The molecule has 2 rings (SSSR count). The second-order valence-electron chi connectivity index (χ2n) is 5.82. The predicted octanol–water partition coefficient (Wildman–Crippen LogP) is 11.8. The molecule has 0 nitrogen and oxygen atoms in total. The molecule has 0 spiro atoms. The molecule has 0 aliphatic heterocycles. The minimum atomic E-state index is -6.00. The Morgan fingerprint density at radius 1 is 0.302 bits per heavy atom. The topological polar surface area (TPSA) is 0 Å². The van der Waals surface area contributed by atoms with Crippen LogP contribution < -0.4 is 0 Å². The maximum absolute atomic E-state index is 9.75. The second kappa shape index (κ2) is 22.4. The summed E-state index contributed by atoms with van der Waals surface area (Å²) in [6, 6.07) is 18.9. The van der Waals surface area contributed by atoms with E-state index >= 15 is 0 Å². The van der Waals surface area contributed by atoms with Crippen LogP contribution in [-0.2, 0) is 0 Å². The minimum absolute atomic E-state index is 1.28. The molecular formula is C12H9B6F24I-6. The van der Waals surface area contributed by atoms with Crippen LogP contribution in [0.4, 0.5) is 104 Å². The van der Waals surface area contributed by atoms with Gasteiger partial charge in [-0.3, -0.25) is 0 Å². The molecule has 0 N–H and O–H groups in total. The van der Waals surface area contributed by atoms with E-state index in [9.17, 15) is 104 Å². The first kappa shape index (κ1) is 50.5. The lowest BCUT2D eigenvalue weighted by Gasteiger charge is -2.02. The largest absolute Gasteiger partial charge is 0.673 e. The summed E-state index contributed by atoms with van der Waals surface area (Å²) in [6.07, 6.45) is 0. The second-order valence-corrected chi connectivity index (χ2v) is 6.98. The average Bonchev–Trinajstić information content (AvgIpc) is 2.61. The molecule has 0 bridgehead atoms. The highest BCUT2D eigenvalue weighted by Gasteiger charge is 2.22. The van der Waals surface area contributed by atoms with E-state index in [0.29, 0.717) is 0 Å². The van der Waals surface area contributed by atoms with E-state index < -0.39 is 43.5 Å². The summed E-state index contributed by atoms with van der Waals surface area (Å²) in [7, 11) is -36.0. The third-order valence-corrected chi connectivity index (χ3v) is 2.90. The highest BCUT2D eigenvalue weighted by Crippen LogP contribution is 2.24. The van der Waals surface area contributed by atoms with Crippen molar-refractivity contribution < 1.29 is 104 Å². The Morgan fingerprint density at radius 2 is 0.488 bits per heavy atom. The van der Waals surface area contributed by atoms with Crippen molar-refractivity contribution in [3.05, 3.63) is 58.2 Å². The van der Waals surface area contributed by atoms with E-state index in [2.05, 4.69) is 71.1 Å². The fourth-order valence-electron chi connectivity index (χ4n) is 1.31. The van der Waals surface area contributed by atoms with E-state index in [1.807, 2.05) is 6.07 Å². The quantitative estimate of drug-likeness (QED) is 0.153. The molecule has 2 aromatic rings. The van der Waals surface area contributed by atoms with E-state index in [1.54, 1.807) is 0 Å². The van der Waals surface area contributed by atoms with Crippen LogP contribution in [0.1, 0.15) is 0 Å². The zero-order valence-electron chi connectivity index (χ0n) is 19.6. The summed E-state index contributed by atoms with van der Waals surface area (Å²) < 4.78 is 235. The van der Waals surface area contributed by atoms with Crippen LogP contribution in [-0.4, -0.2) is 43.5 Å². The molecule has 0 aliphatic rings. The summed E-state index contributed by atoms with van der Waals surface area (Å²) in [6.45, 7) is 0. The molecule has 43 heavy (non-hydrogen) atoms. The van der Waals surface area contributed by atoms with Gasteiger partial charge in [0.25, 0.3) is 0 Å². The molecule has 0 heterocycles. The zero-order valence-corrected chi connectivity index (χ0v) is 21.8. The van der Waals surface area contributed by atoms with Gasteiger partial charge in [-0.05, 0) is 39.8 Å². The van der Waals surface area contributed by atoms with Gasteiger partial charge in [0, 0.05) is 3.57 Å². The van der Waals surface area contributed by atoms with Crippen LogP contribution in [0.3, 0.4) is 0 Å². The van der Waals surface area contributed by atoms with Gasteiger partial charge in [0.1, 0.15) is 0 Å². The molecule has 0 atom stereocenters. The van der Waals surface area contributed by atoms with Crippen molar-refractivity contribution in [1.29, 1.82) is 0 Å². The molecule has 0 aliphatic carbocycles. The highest BCUT2D eigenvalue weighted by molar-refractivity contribution is 14.1. The Hall–Kier alpha value is -2.12. The molecule has 0 unspecified atom stereocenters. The van der Waals surface area contributed by atoms with Gasteiger partial charge < -0.3 is 104 Å². The Kier molecular flexibility index (Phi) is 26.3. The van der Waals surface area contributed by atoms with E-state index in [0.717, 1.165) is 0 Å². The van der Waals surface area contributed by atoms with Crippen molar-refractivity contribution in [2.24, 2.45) is 0 Å². The standard InChI is InChI=1S/C12H9I.6BF4/c13-12-9-5-4-8-11(12)10-6-2-1-3-7-10;6*2-1(3,4)5/h1-9H;;;;;;/q;6*-1. The molecule has 2 aromatic carbocycles. The molecule has 0 amide bonds. The van der Waals surface area contributed by atoms with Gasteiger partial charge in [-0.15, -0.1) is 0 Å². The molecule has 0 saturated carbocycles. The summed E-state index contributed by atoms with van der Waals surface area (Å²) in [5.74, 6) is 0. The van der Waals surface area contributed by atoms with Gasteiger partial charge in [-0.1, -0.05) is 48.5 Å². The van der Waals surface area contributed by atoms with Crippen molar-refractivity contribution in [1.82, 2.24) is 0 Å². The van der Waals surface area contributed by atoms with Crippen LogP contribution in [0.5, 0.6) is 0 Å². The lowest BCUT2D eigenvalue weighted by Crippen LogP contribution is -2.02. The third-order valence-electron chi connectivity index (χ3n) is 1.96. The minimum Gasteiger partial charge on any atom is -0.418 e. The van der Waals surface area contributed by atoms with Gasteiger partial charge in [0.05, 0.1) is 0 Å². The lowest BCUT2D eigenvalue weighted by molar-refractivity contribution is 0.366. The first-order valence-corrected chi connectivity index (χ1v) is 10.5. The van der Waals surface area contributed by atoms with Crippen LogP contribution in [0.15, 0.2) is 54.6 Å². The summed E-state index contributed by atoms with van der Waals surface area (Å²) in [4.78, 5) is 0. The molecule has 0 radical (unpaired) electrons. The van der Waals surface area contributed by atoms with E-state index in [-0.39, 0.29) is 0 Å². The first-order valence-electron chi connectivity index (χ1n) is 9.41. The SMILES string of the molecule is F[B-](F)(F)F.F[B-](F)(F)F.F[B-](F)(F)F.F[B-](F)(F)F.F[B-](F)(F)F.F[B-](F)(F)F.Ic1ccccc1-c1ccccc1. The summed E-state index contributed by atoms with van der Waals surface area (Å²) >= 11 is 2.36. The van der Waals surface area contributed by atoms with Crippen LogP contribution >= 0.6 is 22.6 Å². The van der Waals surface area contributed by atoms with E-state index in [4.69, 9.17) is 0 Å². The molecule has 0 saturated heterocycles. The van der Waals surface area contributed by atoms with Crippen LogP contribution in [0.2, 0.25) is 0 Å². The molecule has 0 aromatic heterocycles. The van der Waals surface area contributed by atoms with Gasteiger partial charge in [0.15, 0.2) is 0 Å². The Labute approximate surface area is 239 Å². The van der Waals surface area contributed by atoms with Crippen LogP contribution in [0, 0.1) is 3.57 Å². The maximum Gasteiger partial charge on any atom is 0.673 e. The number of hydrogen-bond donors (Lipinski definition) is 0.